The number of amides is 1. The van der Waals surface area contributed by atoms with E-state index in [9.17, 15) is 9.59 Å². The first kappa shape index (κ1) is 18.5. The summed E-state index contributed by atoms with van der Waals surface area (Å²) >= 11 is 0. The first-order valence-electron chi connectivity index (χ1n) is 9.01. The molecule has 1 aliphatic rings. The second kappa shape index (κ2) is 8.02. The summed E-state index contributed by atoms with van der Waals surface area (Å²) in [4.78, 5) is 30.3. The Bertz CT molecular complexity index is 1050. The van der Waals surface area contributed by atoms with Gasteiger partial charge in [0.05, 0.1) is 36.7 Å². The number of esters is 1. The maximum Gasteiger partial charge on any atom is 0.337 e. The summed E-state index contributed by atoms with van der Waals surface area (Å²) in [5.41, 5.74) is 1.55. The summed E-state index contributed by atoms with van der Waals surface area (Å²) in [6.07, 6.45) is 3.10. The van der Waals surface area contributed by atoms with Crippen LogP contribution in [0.5, 0.6) is 17.2 Å². The van der Waals surface area contributed by atoms with Crippen LogP contribution in [-0.4, -0.2) is 37.1 Å². The summed E-state index contributed by atoms with van der Waals surface area (Å²) in [6.45, 7) is 0.581. The lowest BCUT2D eigenvalue weighted by Gasteiger charge is -2.22. The minimum atomic E-state index is -0.406. The molecule has 1 aromatic heterocycles. The normalized spacial score (nSPS) is 12.3. The molecule has 3 aromatic rings. The molecule has 0 fully saturated rings. The van der Waals surface area contributed by atoms with E-state index in [4.69, 9.17) is 9.47 Å². The molecule has 1 amide bonds. The van der Waals surface area contributed by atoms with Gasteiger partial charge in [0.1, 0.15) is 12.4 Å². The second-order valence-corrected chi connectivity index (χ2v) is 6.26. The zero-order valence-electron chi connectivity index (χ0n) is 15.7. The van der Waals surface area contributed by atoms with Crippen LogP contribution in [0.15, 0.2) is 67.0 Å². The lowest BCUT2D eigenvalue weighted by atomic mass is 10.2. The van der Waals surface area contributed by atoms with Crippen LogP contribution in [0.25, 0.3) is 0 Å². The number of methoxy groups -OCH3 is 1. The third kappa shape index (κ3) is 3.75. The summed E-state index contributed by atoms with van der Waals surface area (Å²) in [7, 11) is 1.33. The van der Waals surface area contributed by atoms with Crippen molar-refractivity contribution in [3.05, 3.63) is 78.1 Å². The molecule has 0 bridgehead atoms. The first-order valence-corrected chi connectivity index (χ1v) is 9.01. The molecule has 1 aliphatic heterocycles. The van der Waals surface area contributed by atoms with E-state index in [1.807, 2.05) is 24.3 Å². The van der Waals surface area contributed by atoms with Crippen LogP contribution in [0, 0.1) is 0 Å². The second-order valence-electron chi connectivity index (χ2n) is 6.26. The molecule has 7 nitrogen and oxygen atoms in total. The maximum atomic E-state index is 13.1. The topological polar surface area (TPSA) is 78.0 Å². The van der Waals surface area contributed by atoms with Crippen molar-refractivity contribution in [1.29, 1.82) is 0 Å². The number of fused-ring (bicyclic) bond motifs is 2. The van der Waals surface area contributed by atoms with Gasteiger partial charge in [0.2, 0.25) is 0 Å². The highest BCUT2D eigenvalue weighted by Gasteiger charge is 2.27. The molecule has 0 aliphatic carbocycles. The smallest absolute Gasteiger partial charge is 0.337 e. The molecule has 0 radical (unpaired) electrons. The Labute approximate surface area is 167 Å². The Kier molecular flexibility index (Phi) is 5.11. The summed E-state index contributed by atoms with van der Waals surface area (Å²) in [5, 5.41) is 0. The molecule has 2 heterocycles. The highest BCUT2D eigenvalue weighted by atomic mass is 16.5. The fraction of sp³-hybridized carbons (Fsp3) is 0.136. The molecule has 146 valence electrons. The van der Waals surface area contributed by atoms with Crippen molar-refractivity contribution >= 4 is 17.6 Å². The number of ether oxygens (including phenoxy) is 3. The monoisotopic (exact) mass is 390 g/mol. The van der Waals surface area contributed by atoms with Gasteiger partial charge in [-0.25, -0.2) is 4.79 Å². The number of para-hydroxylation sites is 2. The molecule has 0 atom stereocenters. The lowest BCUT2D eigenvalue weighted by molar-refractivity contribution is 0.0600. The predicted octanol–water partition coefficient (Wildman–Crippen LogP) is 3.70. The average Bonchev–Trinajstić information content (AvgIpc) is 2.88. The third-order valence-corrected chi connectivity index (χ3v) is 4.50. The zero-order valence-corrected chi connectivity index (χ0v) is 15.7. The quantitative estimate of drug-likeness (QED) is 0.618. The van der Waals surface area contributed by atoms with Gasteiger partial charge < -0.3 is 19.1 Å². The van der Waals surface area contributed by atoms with Gasteiger partial charge in [-0.2, -0.15) is 0 Å². The van der Waals surface area contributed by atoms with E-state index >= 15 is 0 Å². The van der Waals surface area contributed by atoms with E-state index < -0.39 is 5.97 Å². The molecule has 0 N–H and O–H groups in total. The Morgan fingerprint density at radius 3 is 2.66 bits per heavy atom. The predicted molar refractivity (Wildman–Crippen MR) is 106 cm³/mol. The van der Waals surface area contributed by atoms with E-state index in [2.05, 4.69) is 9.72 Å². The molecule has 0 unspecified atom stereocenters. The molecule has 2 aromatic carbocycles. The molecule has 0 spiro atoms. The molecule has 0 saturated heterocycles. The number of pyridine rings is 1. The molecule has 7 heteroatoms. The minimum Gasteiger partial charge on any atom is -0.492 e. The largest absolute Gasteiger partial charge is 0.492 e. The molecule has 0 saturated carbocycles. The molecular weight excluding hydrogens is 372 g/mol. The van der Waals surface area contributed by atoms with Gasteiger partial charge in [-0.15, -0.1) is 0 Å². The zero-order chi connectivity index (χ0) is 20.2. The van der Waals surface area contributed by atoms with Crippen molar-refractivity contribution in [3.63, 3.8) is 0 Å². The van der Waals surface area contributed by atoms with E-state index in [0.29, 0.717) is 40.6 Å². The van der Waals surface area contributed by atoms with Crippen LogP contribution in [-0.2, 0) is 4.74 Å². The first-order chi connectivity index (χ1) is 14.2. The highest BCUT2D eigenvalue weighted by Crippen LogP contribution is 2.38. The van der Waals surface area contributed by atoms with Crippen LogP contribution in [0.4, 0.5) is 5.69 Å². The van der Waals surface area contributed by atoms with Gasteiger partial charge in [-0.1, -0.05) is 12.1 Å². The molecule has 4 rings (SSSR count). The van der Waals surface area contributed by atoms with Gasteiger partial charge >= 0.3 is 5.97 Å². The standard InChI is InChI=1S/C22H18N2O5/c1-27-22(26)15-6-8-16(9-7-15)28-13-12-24-18-4-2-3-5-19(18)29-20-14-23-11-10-17(20)21(24)25/h2-11,14H,12-13H2,1H3. The maximum absolute atomic E-state index is 13.1. The fourth-order valence-electron chi connectivity index (χ4n) is 3.06. The van der Waals surface area contributed by atoms with E-state index in [-0.39, 0.29) is 12.5 Å². The van der Waals surface area contributed by atoms with Crippen LogP contribution in [0.3, 0.4) is 0 Å². The number of rotatable bonds is 5. The van der Waals surface area contributed by atoms with Gasteiger partial charge in [0.15, 0.2) is 11.5 Å². The summed E-state index contributed by atoms with van der Waals surface area (Å²) in [6, 6.07) is 15.6. The van der Waals surface area contributed by atoms with Crippen molar-refractivity contribution in [2.75, 3.05) is 25.2 Å². The van der Waals surface area contributed by atoms with Crippen molar-refractivity contribution in [1.82, 2.24) is 4.98 Å². The van der Waals surface area contributed by atoms with Gasteiger partial charge in [-0.05, 0) is 42.5 Å². The Balaban J connectivity index is 1.52. The number of hydrogen-bond donors (Lipinski definition) is 0. The Morgan fingerprint density at radius 2 is 1.86 bits per heavy atom. The van der Waals surface area contributed by atoms with Crippen LogP contribution >= 0.6 is 0 Å². The van der Waals surface area contributed by atoms with Crippen molar-refractivity contribution < 1.29 is 23.8 Å². The van der Waals surface area contributed by atoms with Gasteiger partial charge in [-0.3, -0.25) is 9.78 Å². The summed E-state index contributed by atoms with van der Waals surface area (Å²) < 4.78 is 16.4. The fourth-order valence-corrected chi connectivity index (χ4v) is 3.06. The van der Waals surface area contributed by atoms with Crippen molar-refractivity contribution in [2.24, 2.45) is 0 Å². The Morgan fingerprint density at radius 1 is 1.07 bits per heavy atom. The Hall–Kier alpha value is -3.87. The number of anilines is 1. The van der Waals surface area contributed by atoms with Crippen molar-refractivity contribution in [3.8, 4) is 17.2 Å². The van der Waals surface area contributed by atoms with Crippen LogP contribution < -0.4 is 14.4 Å². The van der Waals surface area contributed by atoms with Gasteiger partial charge in [0, 0.05) is 6.20 Å². The number of carbonyl (C=O) groups excluding carboxylic acids is 2. The number of aromatic nitrogens is 1. The minimum absolute atomic E-state index is 0.183. The number of carbonyl (C=O) groups is 2. The lowest BCUT2D eigenvalue weighted by Crippen LogP contribution is -2.34. The van der Waals surface area contributed by atoms with Crippen LogP contribution in [0.2, 0.25) is 0 Å². The SMILES string of the molecule is COC(=O)c1ccc(OCCN2C(=O)c3ccncc3Oc3ccccc32)cc1. The van der Waals surface area contributed by atoms with Crippen LogP contribution in [0.1, 0.15) is 20.7 Å². The average molecular weight is 390 g/mol. The van der Waals surface area contributed by atoms with Gasteiger partial charge in [0.25, 0.3) is 5.91 Å². The third-order valence-electron chi connectivity index (χ3n) is 4.50. The number of benzene rings is 2. The molecule has 29 heavy (non-hydrogen) atoms. The van der Waals surface area contributed by atoms with E-state index in [1.54, 1.807) is 41.4 Å². The number of hydrogen-bond acceptors (Lipinski definition) is 6. The van der Waals surface area contributed by atoms with E-state index in [0.717, 1.165) is 0 Å². The molecular formula is C22H18N2O5. The number of nitrogens with zero attached hydrogens (tertiary/aromatic N) is 2. The van der Waals surface area contributed by atoms with Crippen molar-refractivity contribution in [2.45, 2.75) is 0 Å². The van der Waals surface area contributed by atoms with E-state index in [1.165, 1.54) is 13.3 Å². The summed E-state index contributed by atoms with van der Waals surface area (Å²) in [5.74, 6) is 1.00. The highest BCUT2D eigenvalue weighted by molar-refractivity contribution is 6.09.